The predicted molar refractivity (Wildman–Crippen MR) is 87.1 cm³/mol. The number of thiocarbonyl (C=S) groups is 1. The van der Waals surface area contributed by atoms with E-state index in [0.717, 1.165) is 0 Å². The Morgan fingerprint density at radius 1 is 1.38 bits per heavy atom. The molecule has 1 fully saturated rings. The quantitative estimate of drug-likeness (QED) is 0.425. The zero-order chi connectivity index (χ0) is 17.7. The van der Waals surface area contributed by atoms with Gasteiger partial charge in [-0.1, -0.05) is 0 Å². The normalized spacial score (nSPS) is 29.4. The van der Waals surface area contributed by atoms with Gasteiger partial charge in [-0.25, -0.2) is 0 Å². The molecule has 3 unspecified atom stereocenters. The number of benzene rings is 1. The molecule has 1 aliphatic heterocycles. The summed E-state index contributed by atoms with van der Waals surface area (Å²) in [5, 5.41) is 34.1. The molecule has 2 rings (SSSR count). The van der Waals surface area contributed by atoms with Gasteiger partial charge in [-0.15, -0.1) is 0 Å². The van der Waals surface area contributed by atoms with E-state index >= 15 is 0 Å². The molecule has 5 atom stereocenters. The van der Waals surface area contributed by atoms with Gasteiger partial charge in [0.2, 0.25) is 12.2 Å². The molecule has 1 aromatic carbocycles. The van der Waals surface area contributed by atoms with Crippen LogP contribution < -0.4 is 10.1 Å². The van der Waals surface area contributed by atoms with E-state index in [1.165, 1.54) is 6.92 Å². The van der Waals surface area contributed by atoms with Crippen molar-refractivity contribution < 1.29 is 29.6 Å². The van der Waals surface area contributed by atoms with Crippen LogP contribution >= 0.6 is 12.2 Å². The van der Waals surface area contributed by atoms with E-state index in [-0.39, 0.29) is 0 Å². The van der Waals surface area contributed by atoms with Crippen LogP contribution in [0.3, 0.4) is 0 Å². The number of amides is 1. The maximum Gasteiger partial charge on any atom is 0.223 e. The molecule has 0 spiro atoms. The summed E-state index contributed by atoms with van der Waals surface area (Å²) in [7, 11) is 0. The van der Waals surface area contributed by atoms with Crippen LogP contribution in [0.15, 0.2) is 29.3 Å². The van der Waals surface area contributed by atoms with Crippen molar-refractivity contribution in [2.45, 2.75) is 37.6 Å². The van der Waals surface area contributed by atoms with Gasteiger partial charge in [0.25, 0.3) is 0 Å². The third-order valence-electron chi connectivity index (χ3n) is 3.51. The van der Waals surface area contributed by atoms with Crippen molar-refractivity contribution in [1.82, 2.24) is 5.32 Å². The summed E-state index contributed by atoms with van der Waals surface area (Å²) in [4.78, 5) is 15.1. The molecular formula is C15H18N2O6S. The van der Waals surface area contributed by atoms with Gasteiger partial charge in [0, 0.05) is 6.92 Å². The lowest BCUT2D eigenvalue weighted by Crippen LogP contribution is -2.65. The number of carbonyl (C=O) groups excluding carboxylic acids is 1. The average Bonchev–Trinajstić information content (AvgIpc) is 2.56. The van der Waals surface area contributed by atoms with E-state index in [0.29, 0.717) is 11.4 Å². The SMILES string of the molecule is CC(=O)NC1C(O)[C@@H](O)C(CO)O[C@H]1Oc1ccc(N=C=S)cc1. The minimum atomic E-state index is -1.36. The third-order valence-corrected chi connectivity index (χ3v) is 3.61. The van der Waals surface area contributed by atoms with Crippen LogP contribution in [0.25, 0.3) is 0 Å². The van der Waals surface area contributed by atoms with Crippen LogP contribution in [0.2, 0.25) is 0 Å². The lowest BCUT2D eigenvalue weighted by atomic mass is 9.97. The molecule has 0 bridgehead atoms. The number of hydrogen-bond donors (Lipinski definition) is 4. The smallest absolute Gasteiger partial charge is 0.223 e. The van der Waals surface area contributed by atoms with Crippen LogP contribution in [-0.2, 0) is 9.53 Å². The van der Waals surface area contributed by atoms with Gasteiger partial charge < -0.3 is 30.1 Å². The van der Waals surface area contributed by atoms with Crippen molar-refractivity contribution in [1.29, 1.82) is 0 Å². The molecule has 1 heterocycles. The molecule has 1 aromatic rings. The Kier molecular flexibility index (Phi) is 6.38. The minimum absolute atomic E-state index is 0.388. The molecule has 0 aliphatic carbocycles. The molecule has 1 aliphatic rings. The maximum absolute atomic E-state index is 11.3. The summed E-state index contributed by atoms with van der Waals surface area (Å²) in [6, 6.07) is 5.48. The Labute approximate surface area is 143 Å². The monoisotopic (exact) mass is 354 g/mol. The van der Waals surface area contributed by atoms with Gasteiger partial charge in [0.05, 0.1) is 17.5 Å². The maximum atomic E-state index is 11.3. The number of hydrogen-bond acceptors (Lipinski definition) is 8. The Bertz CT molecular complexity index is 619. The number of nitrogens with one attached hydrogen (secondary N) is 1. The van der Waals surface area contributed by atoms with E-state index in [1.807, 2.05) is 0 Å². The topological polar surface area (TPSA) is 121 Å². The van der Waals surface area contributed by atoms with Crippen LogP contribution in [0, 0.1) is 0 Å². The Morgan fingerprint density at radius 3 is 2.58 bits per heavy atom. The molecule has 1 amide bonds. The highest BCUT2D eigenvalue weighted by Gasteiger charge is 2.46. The van der Waals surface area contributed by atoms with Crippen molar-refractivity contribution >= 4 is 29.0 Å². The van der Waals surface area contributed by atoms with Gasteiger partial charge >= 0.3 is 0 Å². The zero-order valence-corrected chi connectivity index (χ0v) is 13.6. The van der Waals surface area contributed by atoms with Crippen LogP contribution in [-0.4, -0.2) is 63.6 Å². The predicted octanol–water partition coefficient (Wildman–Crippen LogP) is -0.257. The lowest BCUT2D eigenvalue weighted by Gasteiger charge is -2.42. The van der Waals surface area contributed by atoms with E-state index in [2.05, 4.69) is 27.7 Å². The lowest BCUT2D eigenvalue weighted by molar-refractivity contribution is -0.244. The molecule has 0 radical (unpaired) electrons. The fourth-order valence-corrected chi connectivity index (χ4v) is 2.46. The molecule has 130 valence electrons. The number of rotatable bonds is 5. The summed E-state index contributed by atoms with van der Waals surface area (Å²) in [6.45, 7) is 0.763. The van der Waals surface area contributed by atoms with Crippen molar-refractivity contribution in [2.24, 2.45) is 4.99 Å². The van der Waals surface area contributed by atoms with E-state index < -0.39 is 43.2 Å². The third kappa shape index (κ3) is 4.35. The first kappa shape index (κ1) is 18.5. The van der Waals surface area contributed by atoms with Crippen molar-refractivity contribution in [2.75, 3.05) is 6.61 Å². The molecule has 0 saturated carbocycles. The molecule has 0 aromatic heterocycles. The minimum Gasteiger partial charge on any atom is -0.463 e. The molecule has 9 heteroatoms. The molecule has 24 heavy (non-hydrogen) atoms. The van der Waals surface area contributed by atoms with E-state index in [9.17, 15) is 20.1 Å². The van der Waals surface area contributed by atoms with Crippen LogP contribution in [0.1, 0.15) is 6.92 Å². The number of aliphatic hydroxyl groups excluding tert-OH is 3. The fraction of sp³-hybridized carbons (Fsp3) is 0.467. The van der Waals surface area contributed by atoms with Crippen molar-refractivity contribution in [3.05, 3.63) is 24.3 Å². The second-order valence-corrected chi connectivity index (χ2v) is 5.43. The number of aliphatic hydroxyl groups is 3. The molecule has 8 nitrogen and oxygen atoms in total. The van der Waals surface area contributed by atoms with E-state index in [1.54, 1.807) is 24.3 Å². The van der Waals surface area contributed by atoms with Gasteiger partial charge in [0.15, 0.2) is 0 Å². The van der Waals surface area contributed by atoms with Gasteiger partial charge in [-0.05, 0) is 36.5 Å². The highest BCUT2D eigenvalue weighted by atomic mass is 32.1. The first-order chi connectivity index (χ1) is 11.5. The van der Waals surface area contributed by atoms with Gasteiger partial charge in [-0.3, -0.25) is 4.79 Å². The second kappa shape index (κ2) is 8.29. The van der Waals surface area contributed by atoms with Crippen molar-refractivity contribution in [3.8, 4) is 5.75 Å². The highest BCUT2D eigenvalue weighted by molar-refractivity contribution is 7.78. The molecular weight excluding hydrogens is 336 g/mol. The van der Waals surface area contributed by atoms with Crippen molar-refractivity contribution in [3.63, 3.8) is 0 Å². The Morgan fingerprint density at radius 2 is 2.04 bits per heavy atom. The second-order valence-electron chi connectivity index (χ2n) is 5.25. The first-order valence-corrected chi connectivity index (χ1v) is 7.61. The van der Waals surface area contributed by atoms with E-state index in [4.69, 9.17) is 9.47 Å². The number of isothiocyanates is 1. The summed E-state index contributed by atoms with van der Waals surface area (Å²) in [5.41, 5.74) is 0.587. The Balaban J connectivity index is 2.19. The fourth-order valence-electron chi connectivity index (χ4n) is 2.36. The number of nitrogens with zero attached hydrogens (tertiary/aromatic N) is 1. The Hall–Kier alpha value is -1.87. The summed E-state index contributed by atoms with van der Waals surface area (Å²) in [6.07, 6.45) is -4.84. The van der Waals surface area contributed by atoms with Gasteiger partial charge in [-0.2, -0.15) is 4.99 Å². The summed E-state index contributed by atoms with van der Waals surface area (Å²) >= 11 is 4.52. The molecule has 4 N–H and O–H groups in total. The first-order valence-electron chi connectivity index (χ1n) is 7.20. The summed E-state index contributed by atoms with van der Waals surface area (Å²) in [5.74, 6) is -0.0319. The highest BCUT2D eigenvalue weighted by Crippen LogP contribution is 2.25. The van der Waals surface area contributed by atoms with Crippen LogP contribution in [0.4, 0.5) is 5.69 Å². The largest absolute Gasteiger partial charge is 0.463 e. The van der Waals surface area contributed by atoms with Gasteiger partial charge in [0.1, 0.15) is 30.1 Å². The number of ether oxygens (including phenoxy) is 2. The standard InChI is InChI=1S/C15H18N2O6S/c1-8(19)17-12-14(21)13(20)11(6-18)23-15(12)22-10-4-2-9(3-5-10)16-7-24/h2-5,11-15,18,20-21H,6H2,1H3,(H,17,19)/t11?,12?,13-,14?,15+/m0/s1. The number of carbonyl (C=O) groups is 1. The molecule has 1 saturated heterocycles. The van der Waals surface area contributed by atoms with Crippen LogP contribution in [0.5, 0.6) is 5.75 Å². The summed E-state index contributed by atoms with van der Waals surface area (Å²) < 4.78 is 11.1. The zero-order valence-electron chi connectivity index (χ0n) is 12.8. The number of aliphatic imine (C=N–C) groups is 1. The average molecular weight is 354 g/mol.